The van der Waals surface area contributed by atoms with Gasteiger partial charge in [-0.05, 0) is 6.42 Å². The molecule has 4 heteroatoms. The van der Waals surface area contributed by atoms with Crippen molar-refractivity contribution in [3.63, 3.8) is 0 Å². The lowest BCUT2D eigenvalue weighted by atomic mass is 10.2. The normalized spacial score (nSPS) is 10.1. The molecule has 1 heterocycles. The van der Waals surface area contributed by atoms with Crippen LogP contribution in [0, 0.1) is 0 Å². The van der Waals surface area contributed by atoms with Crippen LogP contribution in [0.25, 0.3) is 0 Å². The standard InChI is InChI=1S/C12H18N2O2/c1-3-5-6-7-14-10-11(9-13-14)12(15)16-8-4-2/h4,9-10H,2-3,5-8H2,1H3. The van der Waals surface area contributed by atoms with E-state index in [4.69, 9.17) is 4.74 Å². The molecule has 0 aromatic carbocycles. The highest BCUT2D eigenvalue weighted by Gasteiger charge is 2.08. The van der Waals surface area contributed by atoms with Gasteiger partial charge in [0.25, 0.3) is 0 Å². The van der Waals surface area contributed by atoms with Crippen molar-refractivity contribution in [2.45, 2.75) is 32.7 Å². The fourth-order valence-corrected chi connectivity index (χ4v) is 1.33. The third kappa shape index (κ3) is 3.88. The molecule has 0 fully saturated rings. The highest BCUT2D eigenvalue weighted by atomic mass is 16.5. The number of rotatable bonds is 7. The maximum Gasteiger partial charge on any atom is 0.341 e. The summed E-state index contributed by atoms with van der Waals surface area (Å²) < 4.78 is 6.68. The zero-order valence-corrected chi connectivity index (χ0v) is 9.69. The molecule has 1 aromatic heterocycles. The maximum atomic E-state index is 11.4. The Kier molecular flexibility index (Phi) is 5.32. The highest BCUT2D eigenvalue weighted by molar-refractivity contribution is 5.88. The number of nitrogens with zero attached hydrogens (tertiary/aromatic N) is 2. The second kappa shape index (κ2) is 6.82. The first-order chi connectivity index (χ1) is 7.77. The van der Waals surface area contributed by atoms with Crippen molar-refractivity contribution in [2.24, 2.45) is 0 Å². The fraction of sp³-hybridized carbons (Fsp3) is 0.500. The zero-order valence-electron chi connectivity index (χ0n) is 9.69. The number of aryl methyl sites for hydroxylation is 1. The van der Waals surface area contributed by atoms with Crippen molar-refractivity contribution in [3.8, 4) is 0 Å². The van der Waals surface area contributed by atoms with Gasteiger partial charge in [-0.25, -0.2) is 4.79 Å². The van der Waals surface area contributed by atoms with Gasteiger partial charge >= 0.3 is 5.97 Å². The number of hydrogen-bond donors (Lipinski definition) is 0. The van der Waals surface area contributed by atoms with Crippen LogP contribution in [0.1, 0.15) is 36.5 Å². The summed E-state index contributed by atoms with van der Waals surface area (Å²) in [7, 11) is 0. The van der Waals surface area contributed by atoms with Crippen LogP contribution in [0.15, 0.2) is 25.0 Å². The Morgan fingerprint density at radius 1 is 1.62 bits per heavy atom. The van der Waals surface area contributed by atoms with Crippen molar-refractivity contribution in [3.05, 3.63) is 30.6 Å². The summed E-state index contributed by atoms with van der Waals surface area (Å²) in [6, 6.07) is 0. The van der Waals surface area contributed by atoms with E-state index in [0.29, 0.717) is 5.56 Å². The molecule has 0 radical (unpaired) electrons. The molecule has 1 rings (SSSR count). The van der Waals surface area contributed by atoms with Crippen LogP contribution in [-0.2, 0) is 11.3 Å². The molecule has 0 aliphatic rings. The lowest BCUT2D eigenvalue weighted by Crippen LogP contribution is -2.04. The number of aromatic nitrogens is 2. The smallest absolute Gasteiger partial charge is 0.341 e. The van der Waals surface area contributed by atoms with Gasteiger partial charge in [-0.2, -0.15) is 5.10 Å². The van der Waals surface area contributed by atoms with Crippen molar-refractivity contribution in [2.75, 3.05) is 6.61 Å². The molecular formula is C12H18N2O2. The van der Waals surface area contributed by atoms with Crippen LogP contribution in [0.2, 0.25) is 0 Å². The molecule has 4 nitrogen and oxygen atoms in total. The minimum Gasteiger partial charge on any atom is -0.458 e. The molecular weight excluding hydrogens is 204 g/mol. The van der Waals surface area contributed by atoms with Crippen molar-refractivity contribution in [1.29, 1.82) is 0 Å². The molecule has 0 atom stereocenters. The minimum atomic E-state index is -0.346. The topological polar surface area (TPSA) is 44.1 Å². The predicted molar refractivity (Wildman–Crippen MR) is 62.2 cm³/mol. The van der Waals surface area contributed by atoms with Gasteiger partial charge in [-0.3, -0.25) is 4.68 Å². The fourth-order valence-electron chi connectivity index (χ4n) is 1.33. The monoisotopic (exact) mass is 222 g/mol. The van der Waals surface area contributed by atoms with Crippen molar-refractivity contribution in [1.82, 2.24) is 9.78 Å². The van der Waals surface area contributed by atoms with Crippen molar-refractivity contribution < 1.29 is 9.53 Å². The van der Waals surface area contributed by atoms with E-state index < -0.39 is 0 Å². The van der Waals surface area contributed by atoms with Gasteiger partial charge in [0.05, 0.1) is 11.8 Å². The molecule has 0 aliphatic carbocycles. The molecule has 0 saturated heterocycles. The summed E-state index contributed by atoms with van der Waals surface area (Å²) in [6.07, 6.45) is 8.24. The van der Waals surface area contributed by atoms with E-state index in [-0.39, 0.29) is 12.6 Å². The molecule has 0 N–H and O–H groups in total. The lowest BCUT2D eigenvalue weighted by Gasteiger charge is -1.99. The van der Waals surface area contributed by atoms with Crippen LogP contribution < -0.4 is 0 Å². The van der Waals surface area contributed by atoms with Gasteiger partial charge in [-0.15, -0.1) is 0 Å². The van der Waals surface area contributed by atoms with Gasteiger partial charge in [0.15, 0.2) is 0 Å². The number of ether oxygens (including phenoxy) is 1. The first-order valence-corrected chi connectivity index (χ1v) is 5.58. The summed E-state index contributed by atoms with van der Waals surface area (Å²) in [4.78, 5) is 11.4. The molecule has 0 amide bonds. The zero-order chi connectivity index (χ0) is 11.8. The van der Waals surface area contributed by atoms with E-state index >= 15 is 0 Å². The Bertz CT molecular complexity index is 345. The molecule has 16 heavy (non-hydrogen) atoms. The Hall–Kier alpha value is -1.58. The third-order valence-electron chi connectivity index (χ3n) is 2.19. The second-order valence-electron chi connectivity index (χ2n) is 3.59. The van der Waals surface area contributed by atoms with Crippen LogP contribution in [0.3, 0.4) is 0 Å². The van der Waals surface area contributed by atoms with E-state index in [2.05, 4.69) is 18.6 Å². The third-order valence-corrected chi connectivity index (χ3v) is 2.19. The largest absolute Gasteiger partial charge is 0.458 e. The van der Waals surface area contributed by atoms with E-state index in [1.807, 2.05) is 0 Å². The van der Waals surface area contributed by atoms with Crippen LogP contribution >= 0.6 is 0 Å². The molecule has 0 unspecified atom stereocenters. The summed E-state index contributed by atoms with van der Waals surface area (Å²) in [5.41, 5.74) is 0.498. The quantitative estimate of drug-likeness (QED) is 0.404. The van der Waals surface area contributed by atoms with Crippen LogP contribution in [-0.4, -0.2) is 22.4 Å². The molecule has 0 spiro atoms. The van der Waals surface area contributed by atoms with E-state index in [1.165, 1.54) is 19.0 Å². The Morgan fingerprint density at radius 3 is 3.12 bits per heavy atom. The van der Waals surface area contributed by atoms with Gasteiger partial charge < -0.3 is 4.74 Å². The summed E-state index contributed by atoms with van der Waals surface area (Å²) in [5.74, 6) is -0.346. The minimum absolute atomic E-state index is 0.236. The Morgan fingerprint density at radius 2 is 2.44 bits per heavy atom. The number of unbranched alkanes of at least 4 members (excludes halogenated alkanes) is 2. The Balaban J connectivity index is 2.43. The number of carbonyl (C=O) groups excluding carboxylic acids is 1. The van der Waals surface area contributed by atoms with Gasteiger partial charge in [0.1, 0.15) is 6.61 Å². The van der Waals surface area contributed by atoms with Crippen LogP contribution in [0.5, 0.6) is 0 Å². The average molecular weight is 222 g/mol. The average Bonchev–Trinajstić information content (AvgIpc) is 2.75. The summed E-state index contributed by atoms with van der Waals surface area (Å²) in [6.45, 7) is 6.72. The van der Waals surface area contributed by atoms with E-state index in [9.17, 15) is 4.79 Å². The van der Waals surface area contributed by atoms with Gasteiger partial charge in [0.2, 0.25) is 0 Å². The molecule has 0 saturated carbocycles. The molecule has 88 valence electrons. The lowest BCUT2D eigenvalue weighted by molar-refractivity contribution is 0.0549. The van der Waals surface area contributed by atoms with Gasteiger partial charge in [-0.1, -0.05) is 32.4 Å². The second-order valence-corrected chi connectivity index (χ2v) is 3.59. The van der Waals surface area contributed by atoms with E-state index in [0.717, 1.165) is 13.0 Å². The van der Waals surface area contributed by atoms with Crippen molar-refractivity contribution >= 4 is 5.97 Å². The number of esters is 1. The summed E-state index contributed by atoms with van der Waals surface area (Å²) in [5, 5.41) is 4.11. The number of hydrogen-bond acceptors (Lipinski definition) is 3. The highest BCUT2D eigenvalue weighted by Crippen LogP contribution is 2.03. The predicted octanol–water partition coefficient (Wildman–Crippen LogP) is 2.42. The Labute approximate surface area is 95.9 Å². The van der Waals surface area contributed by atoms with Gasteiger partial charge in [0, 0.05) is 12.7 Å². The first kappa shape index (κ1) is 12.5. The number of carbonyl (C=O) groups is 1. The molecule has 0 bridgehead atoms. The SMILES string of the molecule is C=CCOC(=O)c1cnn(CCCCC)c1. The molecule has 0 aliphatic heterocycles. The molecule has 1 aromatic rings. The summed E-state index contributed by atoms with van der Waals surface area (Å²) >= 11 is 0. The van der Waals surface area contributed by atoms with E-state index in [1.54, 1.807) is 17.0 Å². The van der Waals surface area contributed by atoms with Crippen LogP contribution in [0.4, 0.5) is 0 Å². The first-order valence-electron chi connectivity index (χ1n) is 5.58. The maximum absolute atomic E-state index is 11.4.